The van der Waals surface area contributed by atoms with Gasteiger partial charge >= 0.3 is 0 Å². The number of aromatic amines is 1. The molecule has 4 rings (SSSR count). The number of nitrogens with zero attached hydrogens (tertiary/aromatic N) is 2. The average Bonchev–Trinajstić information content (AvgIpc) is 2.68. The summed E-state index contributed by atoms with van der Waals surface area (Å²) >= 11 is 0. The molecule has 4 aromatic rings. The van der Waals surface area contributed by atoms with Gasteiger partial charge in [-0.05, 0) is 36.4 Å². The van der Waals surface area contributed by atoms with Gasteiger partial charge in [0, 0.05) is 17.7 Å². The molecule has 1 N–H and O–H groups in total. The van der Waals surface area contributed by atoms with Crippen LogP contribution in [0.4, 0.5) is 5.69 Å². The predicted molar refractivity (Wildman–Crippen MR) is 101 cm³/mol. The summed E-state index contributed by atoms with van der Waals surface area (Å²) in [5.74, 6) is 1.43. The summed E-state index contributed by atoms with van der Waals surface area (Å²) in [5, 5.41) is 11.2. The zero-order chi connectivity index (χ0) is 18.8. The fraction of sp³-hybridized carbons (Fsp3) is 0. The Hall–Kier alpha value is -4.00. The Morgan fingerprint density at radius 3 is 2.48 bits per heavy atom. The van der Waals surface area contributed by atoms with E-state index in [1.807, 2.05) is 12.1 Å². The minimum Gasteiger partial charge on any atom is -0.457 e. The molecule has 0 atom stereocenters. The fourth-order valence-electron chi connectivity index (χ4n) is 2.70. The van der Waals surface area contributed by atoms with Crippen molar-refractivity contribution >= 4 is 16.6 Å². The molecular formula is C20H13N3O4. The second-order valence-electron chi connectivity index (χ2n) is 5.81. The molecule has 0 amide bonds. The van der Waals surface area contributed by atoms with Crippen molar-refractivity contribution in [1.29, 1.82) is 0 Å². The minimum absolute atomic E-state index is 0.00552. The van der Waals surface area contributed by atoms with E-state index in [9.17, 15) is 14.9 Å². The molecule has 0 spiro atoms. The number of benzene rings is 3. The van der Waals surface area contributed by atoms with Crippen molar-refractivity contribution in [2.75, 3.05) is 0 Å². The number of H-pyrrole nitrogens is 1. The Labute approximate surface area is 153 Å². The lowest BCUT2D eigenvalue weighted by molar-refractivity contribution is -0.384. The molecule has 27 heavy (non-hydrogen) atoms. The number of fused-ring (bicyclic) bond motifs is 1. The van der Waals surface area contributed by atoms with Crippen LogP contribution < -0.4 is 10.3 Å². The van der Waals surface area contributed by atoms with E-state index in [0.717, 1.165) is 0 Å². The molecule has 0 aliphatic rings. The molecule has 0 bridgehead atoms. The van der Waals surface area contributed by atoms with Gasteiger partial charge in [0.2, 0.25) is 0 Å². The second-order valence-corrected chi connectivity index (χ2v) is 5.81. The zero-order valence-electron chi connectivity index (χ0n) is 14.0. The maximum Gasteiger partial charge on any atom is 0.269 e. The van der Waals surface area contributed by atoms with Crippen LogP contribution >= 0.6 is 0 Å². The molecule has 1 aromatic heterocycles. The summed E-state index contributed by atoms with van der Waals surface area (Å²) < 4.78 is 5.75. The second kappa shape index (κ2) is 6.72. The SMILES string of the molecule is O=c1[nH]c(-c2cccc(Oc3ccc([N+](=O)[O-])cc3)c2)nc2ccccc12. The van der Waals surface area contributed by atoms with Gasteiger partial charge < -0.3 is 9.72 Å². The van der Waals surface area contributed by atoms with Crippen LogP contribution in [0.2, 0.25) is 0 Å². The Bertz CT molecular complexity index is 1200. The third kappa shape index (κ3) is 3.38. The fourth-order valence-corrected chi connectivity index (χ4v) is 2.70. The van der Waals surface area contributed by atoms with Crippen LogP contribution in [0.15, 0.2) is 77.6 Å². The van der Waals surface area contributed by atoms with Gasteiger partial charge in [0.1, 0.15) is 17.3 Å². The van der Waals surface area contributed by atoms with Crippen LogP contribution in [0.5, 0.6) is 11.5 Å². The highest BCUT2D eigenvalue weighted by atomic mass is 16.6. The van der Waals surface area contributed by atoms with E-state index in [1.165, 1.54) is 24.3 Å². The molecule has 0 radical (unpaired) electrons. The first-order valence-corrected chi connectivity index (χ1v) is 8.12. The Balaban J connectivity index is 1.66. The van der Waals surface area contributed by atoms with Crippen LogP contribution in [-0.2, 0) is 0 Å². The molecule has 0 unspecified atom stereocenters. The highest BCUT2D eigenvalue weighted by molar-refractivity contribution is 5.79. The van der Waals surface area contributed by atoms with E-state index in [1.54, 1.807) is 36.4 Å². The zero-order valence-corrected chi connectivity index (χ0v) is 14.0. The van der Waals surface area contributed by atoms with Gasteiger partial charge in [0.05, 0.1) is 15.8 Å². The summed E-state index contributed by atoms with van der Waals surface area (Å²) in [4.78, 5) is 29.8. The van der Waals surface area contributed by atoms with E-state index in [4.69, 9.17) is 4.74 Å². The lowest BCUT2D eigenvalue weighted by Gasteiger charge is -2.08. The summed E-state index contributed by atoms with van der Waals surface area (Å²) in [5.41, 5.74) is 1.08. The Morgan fingerprint density at radius 2 is 1.70 bits per heavy atom. The summed E-state index contributed by atoms with van der Waals surface area (Å²) in [7, 11) is 0. The maximum atomic E-state index is 12.3. The van der Waals surface area contributed by atoms with E-state index in [2.05, 4.69) is 9.97 Å². The Kier molecular flexibility index (Phi) is 4.10. The topological polar surface area (TPSA) is 98.1 Å². The third-order valence-corrected chi connectivity index (χ3v) is 4.00. The highest BCUT2D eigenvalue weighted by Crippen LogP contribution is 2.27. The van der Waals surface area contributed by atoms with E-state index < -0.39 is 4.92 Å². The standard InChI is InChI=1S/C20H13N3O4/c24-20-17-6-1-2-7-18(17)21-19(22-20)13-4-3-5-16(12-13)27-15-10-8-14(9-11-15)23(25)26/h1-12H,(H,21,22,24). The van der Waals surface area contributed by atoms with Gasteiger partial charge in [-0.2, -0.15) is 0 Å². The van der Waals surface area contributed by atoms with Gasteiger partial charge in [-0.15, -0.1) is 0 Å². The molecule has 7 heteroatoms. The smallest absolute Gasteiger partial charge is 0.269 e. The number of nitrogens with one attached hydrogen (secondary N) is 1. The normalized spacial score (nSPS) is 10.7. The molecule has 1 heterocycles. The summed E-state index contributed by atoms with van der Waals surface area (Å²) in [6.45, 7) is 0. The maximum absolute atomic E-state index is 12.3. The van der Waals surface area contributed by atoms with Gasteiger partial charge in [-0.3, -0.25) is 14.9 Å². The van der Waals surface area contributed by atoms with Gasteiger partial charge in [0.25, 0.3) is 11.2 Å². The molecular weight excluding hydrogens is 346 g/mol. The molecule has 0 saturated heterocycles. The number of ether oxygens (including phenoxy) is 1. The van der Waals surface area contributed by atoms with Crippen molar-refractivity contribution in [3.05, 3.63) is 93.3 Å². The monoisotopic (exact) mass is 359 g/mol. The first kappa shape index (κ1) is 16.5. The van der Waals surface area contributed by atoms with Crippen molar-refractivity contribution in [2.45, 2.75) is 0 Å². The molecule has 0 aliphatic carbocycles. The number of nitro groups is 1. The molecule has 0 aliphatic heterocycles. The molecule has 7 nitrogen and oxygen atoms in total. The minimum atomic E-state index is -0.466. The Morgan fingerprint density at radius 1 is 0.926 bits per heavy atom. The summed E-state index contributed by atoms with van der Waals surface area (Å²) in [6, 6.07) is 20.0. The number of hydrogen-bond donors (Lipinski definition) is 1. The summed E-state index contributed by atoms with van der Waals surface area (Å²) in [6.07, 6.45) is 0. The lowest BCUT2D eigenvalue weighted by Crippen LogP contribution is -2.09. The van der Waals surface area contributed by atoms with Crippen LogP contribution in [0, 0.1) is 10.1 Å². The highest BCUT2D eigenvalue weighted by Gasteiger charge is 2.08. The molecule has 0 saturated carbocycles. The predicted octanol–water partition coefficient (Wildman–Crippen LogP) is 4.29. The van der Waals surface area contributed by atoms with Crippen LogP contribution in [0.25, 0.3) is 22.3 Å². The average molecular weight is 359 g/mol. The number of rotatable bonds is 4. The van der Waals surface area contributed by atoms with E-state index >= 15 is 0 Å². The van der Waals surface area contributed by atoms with E-state index in [-0.39, 0.29) is 11.2 Å². The van der Waals surface area contributed by atoms with Gasteiger partial charge in [-0.1, -0.05) is 24.3 Å². The van der Waals surface area contributed by atoms with Crippen molar-refractivity contribution in [2.24, 2.45) is 0 Å². The van der Waals surface area contributed by atoms with Gasteiger partial charge in [-0.25, -0.2) is 4.98 Å². The number of para-hydroxylation sites is 1. The molecule has 132 valence electrons. The quantitative estimate of drug-likeness (QED) is 0.433. The van der Waals surface area contributed by atoms with Gasteiger partial charge in [0.15, 0.2) is 0 Å². The van der Waals surface area contributed by atoms with E-state index in [0.29, 0.717) is 33.8 Å². The first-order chi connectivity index (χ1) is 13.1. The largest absolute Gasteiger partial charge is 0.457 e. The number of aromatic nitrogens is 2. The number of non-ortho nitro benzene ring substituents is 1. The third-order valence-electron chi connectivity index (χ3n) is 4.00. The van der Waals surface area contributed by atoms with Crippen LogP contribution in [-0.4, -0.2) is 14.9 Å². The number of hydrogen-bond acceptors (Lipinski definition) is 5. The van der Waals surface area contributed by atoms with Crippen molar-refractivity contribution in [3.8, 4) is 22.9 Å². The molecule has 0 fully saturated rings. The van der Waals surface area contributed by atoms with Crippen molar-refractivity contribution in [3.63, 3.8) is 0 Å². The molecule has 3 aromatic carbocycles. The van der Waals surface area contributed by atoms with Crippen LogP contribution in [0.1, 0.15) is 0 Å². The van der Waals surface area contributed by atoms with Crippen molar-refractivity contribution in [1.82, 2.24) is 9.97 Å². The number of nitro benzene ring substituents is 1. The first-order valence-electron chi connectivity index (χ1n) is 8.12. The lowest BCUT2D eigenvalue weighted by atomic mass is 10.2. The van der Waals surface area contributed by atoms with Crippen molar-refractivity contribution < 1.29 is 9.66 Å². The van der Waals surface area contributed by atoms with Crippen LogP contribution in [0.3, 0.4) is 0 Å².